The van der Waals surface area contributed by atoms with Crippen molar-refractivity contribution in [2.24, 2.45) is 5.92 Å². The summed E-state index contributed by atoms with van der Waals surface area (Å²) in [6, 6.07) is 13.4. The van der Waals surface area contributed by atoms with Crippen LogP contribution in [0.15, 0.2) is 58.0 Å². The van der Waals surface area contributed by atoms with Crippen molar-refractivity contribution < 1.29 is 9.26 Å². The Morgan fingerprint density at radius 3 is 2.73 bits per heavy atom. The lowest BCUT2D eigenvalue weighted by Gasteiger charge is -2.36. The molecule has 7 rings (SSSR count). The number of aromatic amines is 1. The van der Waals surface area contributed by atoms with Crippen LogP contribution in [-0.4, -0.2) is 54.4 Å². The molecule has 1 N–H and O–H groups in total. The van der Waals surface area contributed by atoms with E-state index in [0.29, 0.717) is 42.0 Å². The van der Waals surface area contributed by atoms with E-state index >= 15 is 0 Å². The molecule has 12 heteroatoms. The maximum absolute atomic E-state index is 11.8. The van der Waals surface area contributed by atoms with Crippen LogP contribution < -0.4 is 10.7 Å². The minimum Gasteiger partial charge on any atom is -0.377 e. The van der Waals surface area contributed by atoms with E-state index < -0.39 is 5.76 Å². The van der Waals surface area contributed by atoms with Gasteiger partial charge in [0.2, 0.25) is 17.6 Å². The van der Waals surface area contributed by atoms with E-state index in [1.807, 2.05) is 42.5 Å². The van der Waals surface area contributed by atoms with Gasteiger partial charge < -0.3 is 14.2 Å². The molecule has 0 radical (unpaired) electrons. The quantitative estimate of drug-likeness (QED) is 0.297. The number of rotatable bonds is 6. The van der Waals surface area contributed by atoms with E-state index in [-0.39, 0.29) is 17.7 Å². The minimum atomic E-state index is -0.678. The van der Waals surface area contributed by atoms with Gasteiger partial charge in [0, 0.05) is 29.9 Å². The fraction of sp³-hybridized carbons (Fsp3) is 0.379. The molecule has 1 aromatic carbocycles. The molecule has 41 heavy (non-hydrogen) atoms. The molecule has 0 unspecified atom stereocenters. The van der Waals surface area contributed by atoms with Crippen molar-refractivity contribution in [2.45, 2.75) is 44.7 Å². The van der Waals surface area contributed by atoms with Crippen LogP contribution in [0.2, 0.25) is 5.02 Å². The van der Waals surface area contributed by atoms with Crippen LogP contribution in [0.4, 0.5) is 5.95 Å². The number of morpholine rings is 1. The molecule has 4 aromatic heterocycles. The number of imidazole rings is 1. The molecule has 11 nitrogen and oxygen atoms in total. The summed E-state index contributed by atoms with van der Waals surface area (Å²) in [7, 11) is 0. The Labute approximate surface area is 240 Å². The molecule has 0 bridgehead atoms. The zero-order valence-electron chi connectivity index (χ0n) is 22.4. The molecular formula is C29H29ClN8O3. The van der Waals surface area contributed by atoms with Crippen LogP contribution in [0.5, 0.6) is 0 Å². The van der Waals surface area contributed by atoms with Gasteiger partial charge in [-0.25, -0.2) is 14.8 Å². The lowest BCUT2D eigenvalue weighted by Crippen LogP contribution is -2.41. The highest BCUT2D eigenvalue weighted by Crippen LogP contribution is 2.37. The molecule has 1 aliphatic carbocycles. The molecule has 2 fully saturated rings. The first-order valence-corrected chi connectivity index (χ1v) is 14.4. The Morgan fingerprint density at radius 1 is 1.05 bits per heavy atom. The Kier molecular flexibility index (Phi) is 6.97. The number of H-pyrrole nitrogens is 1. The number of benzene rings is 1. The third-order valence-corrected chi connectivity index (χ3v) is 8.15. The zero-order chi connectivity index (χ0) is 27.8. The molecule has 0 amide bonds. The van der Waals surface area contributed by atoms with Crippen LogP contribution >= 0.6 is 11.6 Å². The van der Waals surface area contributed by atoms with Gasteiger partial charge in [-0.3, -0.25) is 14.5 Å². The van der Waals surface area contributed by atoms with Crippen molar-refractivity contribution in [3.63, 3.8) is 0 Å². The predicted molar refractivity (Wildman–Crippen MR) is 154 cm³/mol. The van der Waals surface area contributed by atoms with Crippen molar-refractivity contribution in [3.8, 4) is 22.9 Å². The normalized spacial score (nSPS) is 18.3. The third kappa shape index (κ3) is 5.11. The standard InChI is InChI=1S/C29H29ClN8O3/c30-20-10-6-9-19(15-20)23-24-25(33-26(32-23)27-35-29(39)41-36-27)34-28(38(24)16-18-7-2-1-3-8-18)37-13-14-40-17-22(37)21-11-4-5-12-31-21/h4-6,9-12,15,18,22H,1-3,7-8,13-14,16-17H2,(H,35,36,39)/t22-/m0/s1. The second-order valence-corrected chi connectivity index (χ2v) is 11.0. The SMILES string of the molecule is O=c1[nH]c(-c2nc(-c3cccc(Cl)c3)c3c(n2)nc(N2CCOC[C@H]2c2ccccn2)n3CC2CCCCC2)no1. The number of hydrogen-bond donors (Lipinski definition) is 1. The summed E-state index contributed by atoms with van der Waals surface area (Å²) in [5, 5.41) is 4.44. The van der Waals surface area contributed by atoms with Crippen molar-refractivity contribution in [1.82, 2.24) is 34.6 Å². The van der Waals surface area contributed by atoms with Gasteiger partial charge in [0.25, 0.3) is 0 Å². The summed E-state index contributed by atoms with van der Waals surface area (Å²) in [6.07, 6.45) is 7.86. The molecule has 5 aromatic rings. The van der Waals surface area contributed by atoms with E-state index in [9.17, 15) is 4.79 Å². The first kappa shape index (κ1) is 25.8. The van der Waals surface area contributed by atoms with E-state index in [1.165, 1.54) is 19.3 Å². The van der Waals surface area contributed by atoms with Crippen LogP contribution in [0, 0.1) is 5.92 Å². The first-order valence-electron chi connectivity index (χ1n) is 14.0. The summed E-state index contributed by atoms with van der Waals surface area (Å²) in [4.78, 5) is 36.1. The second kappa shape index (κ2) is 11.1. The van der Waals surface area contributed by atoms with Gasteiger partial charge in [0.1, 0.15) is 11.2 Å². The van der Waals surface area contributed by atoms with Gasteiger partial charge in [0.05, 0.1) is 24.9 Å². The summed E-state index contributed by atoms with van der Waals surface area (Å²) < 4.78 is 13.0. The topological polar surface area (TPSA) is 128 Å². The van der Waals surface area contributed by atoms with E-state index in [1.54, 1.807) is 6.20 Å². The summed E-state index contributed by atoms with van der Waals surface area (Å²) in [5.74, 6) is 0.987. The number of fused-ring (bicyclic) bond motifs is 1. The fourth-order valence-electron chi connectivity index (χ4n) is 5.97. The maximum atomic E-state index is 11.8. The Bertz CT molecular complexity index is 1730. The van der Waals surface area contributed by atoms with Crippen LogP contribution in [0.1, 0.15) is 43.8 Å². The highest BCUT2D eigenvalue weighted by molar-refractivity contribution is 6.30. The van der Waals surface area contributed by atoms with Gasteiger partial charge in [0.15, 0.2) is 5.65 Å². The van der Waals surface area contributed by atoms with Gasteiger partial charge in [-0.15, -0.1) is 0 Å². The van der Waals surface area contributed by atoms with Gasteiger partial charge >= 0.3 is 5.76 Å². The predicted octanol–water partition coefficient (Wildman–Crippen LogP) is 5.04. The molecule has 210 valence electrons. The number of aromatic nitrogens is 7. The lowest BCUT2D eigenvalue weighted by atomic mass is 9.89. The maximum Gasteiger partial charge on any atom is 0.439 e. The van der Waals surface area contributed by atoms with E-state index in [4.69, 9.17) is 35.8 Å². The highest BCUT2D eigenvalue weighted by atomic mass is 35.5. The average Bonchev–Trinajstić information content (AvgIpc) is 3.61. The van der Waals surface area contributed by atoms with Crippen LogP contribution in [0.3, 0.4) is 0 Å². The number of ether oxygens (including phenoxy) is 1. The number of halogens is 1. The largest absolute Gasteiger partial charge is 0.439 e. The summed E-state index contributed by atoms with van der Waals surface area (Å²) in [6.45, 7) is 2.52. The second-order valence-electron chi connectivity index (χ2n) is 10.6. The Hall–Kier alpha value is -4.09. The monoisotopic (exact) mass is 572 g/mol. The third-order valence-electron chi connectivity index (χ3n) is 7.91. The molecule has 0 spiro atoms. The fourth-order valence-corrected chi connectivity index (χ4v) is 6.17. The minimum absolute atomic E-state index is 0.110. The van der Waals surface area contributed by atoms with Crippen LogP contribution in [0.25, 0.3) is 34.1 Å². The number of hydrogen-bond acceptors (Lipinski definition) is 9. The molecule has 1 atom stereocenters. The van der Waals surface area contributed by atoms with Crippen molar-refractivity contribution in [1.29, 1.82) is 0 Å². The zero-order valence-corrected chi connectivity index (χ0v) is 23.1. The lowest BCUT2D eigenvalue weighted by molar-refractivity contribution is 0.0916. The number of anilines is 1. The summed E-state index contributed by atoms with van der Waals surface area (Å²) in [5.41, 5.74) is 3.72. The van der Waals surface area contributed by atoms with E-state index in [2.05, 4.69) is 24.6 Å². The van der Waals surface area contributed by atoms with Gasteiger partial charge in [-0.05, 0) is 43.0 Å². The number of nitrogens with zero attached hydrogens (tertiary/aromatic N) is 7. The molecule has 1 saturated carbocycles. The Balaban J connectivity index is 1.46. The average molecular weight is 573 g/mol. The smallest absolute Gasteiger partial charge is 0.377 e. The molecule has 1 aliphatic heterocycles. The number of nitrogens with one attached hydrogen (secondary N) is 1. The van der Waals surface area contributed by atoms with Crippen molar-refractivity contribution >= 4 is 28.7 Å². The van der Waals surface area contributed by atoms with Gasteiger partial charge in [-0.1, -0.05) is 54.2 Å². The van der Waals surface area contributed by atoms with Gasteiger partial charge in [-0.2, -0.15) is 4.98 Å². The molecule has 1 saturated heterocycles. The first-order chi connectivity index (χ1) is 20.1. The van der Waals surface area contributed by atoms with E-state index in [0.717, 1.165) is 42.1 Å². The van der Waals surface area contributed by atoms with Crippen LogP contribution in [-0.2, 0) is 11.3 Å². The summed E-state index contributed by atoms with van der Waals surface area (Å²) >= 11 is 6.45. The molecule has 2 aliphatic rings. The highest BCUT2D eigenvalue weighted by Gasteiger charge is 2.32. The molecular weight excluding hydrogens is 544 g/mol. The Morgan fingerprint density at radius 2 is 1.95 bits per heavy atom. The number of pyridine rings is 1. The van der Waals surface area contributed by atoms with Crippen molar-refractivity contribution in [2.75, 3.05) is 24.7 Å². The van der Waals surface area contributed by atoms with Crippen molar-refractivity contribution in [3.05, 3.63) is 69.9 Å². The molecule has 5 heterocycles.